The summed E-state index contributed by atoms with van der Waals surface area (Å²) in [6.07, 6.45) is 3.70. The van der Waals surface area contributed by atoms with E-state index >= 15 is 0 Å². The van der Waals surface area contributed by atoms with Gasteiger partial charge in [0.1, 0.15) is 23.7 Å². The van der Waals surface area contributed by atoms with Gasteiger partial charge in [0, 0.05) is 50.2 Å². The van der Waals surface area contributed by atoms with E-state index < -0.39 is 0 Å². The Kier molecular flexibility index (Phi) is 4.66. The molecule has 1 saturated heterocycles. The number of aryl methyl sites for hydroxylation is 1. The van der Waals surface area contributed by atoms with Crippen LogP contribution in [0.2, 0.25) is 0 Å². The molecule has 1 fully saturated rings. The number of amides is 1. The van der Waals surface area contributed by atoms with Crippen LogP contribution in [0, 0.1) is 0 Å². The summed E-state index contributed by atoms with van der Waals surface area (Å²) in [6.45, 7) is 1.54. The lowest BCUT2D eigenvalue weighted by Crippen LogP contribution is -2.41. The molecule has 1 aliphatic heterocycles. The van der Waals surface area contributed by atoms with E-state index in [2.05, 4.69) is 25.5 Å². The Labute approximate surface area is 158 Å². The van der Waals surface area contributed by atoms with Crippen LogP contribution in [0.3, 0.4) is 0 Å². The highest BCUT2D eigenvalue weighted by Crippen LogP contribution is 2.25. The molecule has 27 heavy (non-hydrogen) atoms. The number of hydrogen-bond donors (Lipinski definition) is 2. The lowest BCUT2D eigenvalue weighted by Gasteiger charge is -2.26. The molecule has 1 unspecified atom stereocenters. The molecule has 1 aromatic carbocycles. The minimum absolute atomic E-state index is 0.0425. The smallest absolute Gasteiger partial charge is 0.268 e. The van der Waals surface area contributed by atoms with Crippen LogP contribution < -0.4 is 15.5 Å². The number of para-hydroxylation sites is 1. The maximum Gasteiger partial charge on any atom is 0.268 e. The van der Waals surface area contributed by atoms with Crippen molar-refractivity contribution in [1.29, 1.82) is 0 Å². The summed E-state index contributed by atoms with van der Waals surface area (Å²) in [5, 5.41) is 7.23. The van der Waals surface area contributed by atoms with Crippen LogP contribution in [-0.4, -0.2) is 46.6 Å². The number of nitrogens with zero attached hydrogens (tertiary/aromatic N) is 4. The Bertz CT molecular complexity index is 966. The van der Waals surface area contributed by atoms with E-state index in [1.807, 2.05) is 55.1 Å². The van der Waals surface area contributed by atoms with Crippen LogP contribution in [-0.2, 0) is 7.05 Å². The zero-order chi connectivity index (χ0) is 18.8. The van der Waals surface area contributed by atoms with Gasteiger partial charge in [-0.3, -0.25) is 4.79 Å². The Morgan fingerprint density at radius 2 is 2.11 bits per heavy atom. The molecular weight excluding hydrogens is 340 g/mol. The van der Waals surface area contributed by atoms with Gasteiger partial charge in [0.05, 0.1) is 0 Å². The van der Waals surface area contributed by atoms with E-state index in [9.17, 15) is 4.79 Å². The fraction of sp³-hybridized carbons (Fsp3) is 0.350. The molecule has 2 aromatic heterocycles. The number of rotatable bonds is 5. The Balaban J connectivity index is 1.46. The Morgan fingerprint density at radius 3 is 2.93 bits per heavy atom. The average Bonchev–Trinajstić information content (AvgIpc) is 3.31. The van der Waals surface area contributed by atoms with Gasteiger partial charge in [-0.15, -0.1) is 0 Å². The molecule has 1 aliphatic rings. The topological polar surface area (TPSA) is 75.1 Å². The third kappa shape index (κ3) is 3.32. The van der Waals surface area contributed by atoms with Crippen molar-refractivity contribution >= 4 is 28.4 Å². The minimum Gasteiger partial charge on any atom is -0.373 e. The third-order valence-corrected chi connectivity index (χ3v) is 5.26. The molecule has 3 heterocycles. The van der Waals surface area contributed by atoms with E-state index in [-0.39, 0.29) is 11.9 Å². The number of benzene rings is 1. The number of carbonyl (C=O) groups is 1. The first-order valence-electron chi connectivity index (χ1n) is 9.26. The standard InChI is InChI=1S/C20H24N6O/c1-21-18-11-19(24-13-23-18)26-9-5-7-15(26)12-22-20(27)17-10-14-6-3-4-8-16(14)25(17)2/h3-4,6,8,10-11,13,15H,5,7,9,12H2,1-2H3,(H,22,27)(H,21,23,24). The summed E-state index contributed by atoms with van der Waals surface area (Å²) in [4.78, 5) is 23.6. The summed E-state index contributed by atoms with van der Waals surface area (Å²) in [5.41, 5.74) is 1.74. The number of aromatic nitrogens is 3. The van der Waals surface area contributed by atoms with E-state index in [1.54, 1.807) is 6.33 Å². The second kappa shape index (κ2) is 7.26. The van der Waals surface area contributed by atoms with Gasteiger partial charge in [-0.25, -0.2) is 9.97 Å². The normalized spacial score (nSPS) is 16.7. The molecule has 0 saturated carbocycles. The van der Waals surface area contributed by atoms with E-state index in [0.29, 0.717) is 12.2 Å². The zero-order valence-electron chi connectivity index (χ0n) is 15.6. The molecule has 0 radical (unpaired) electrons. The maximum absolute atomic E-state index is 12.7. The van der Waals surface area contributed by atoms with Gasteiger partial charge < -0.3 is 20.1 Å². The predicted octanol–water partition coefficient (Wildman–Crippen LogP) is 2.41. The van der Waals surface area contributed by atoms with Gasteiger partial charge in [-0.2, -0.15) is 0 Å². The van der Waals surface area contributed by atoms with Crippen LogP contribution in [0.25, 0.3) is 10.9 Å². The van der Waals surface area contributed by atoms with Gasteiger partial charge in [-0.1, -0.05) is 18.2 Å². The third-order valence-electron chi connectivity index (χ3n) is 5.26. The summed E-state index contributed by atoms with van der Waals surface area (Å²) in [5.74, 6) is 1.65. The summed E-state index contributed by atoms with van der Waals surface area (Å²) in [7, 11) is 3.77. The van der Waals surface area contributed by atoms with Gasteiger partial charge >= 0.3 is 0 Å². The molecule has 0 aliphatic carbocycles. The van der Waals surface area contributed by atoms with Gasteiger partial charge in [0.25, 0.3) is 5.91 Å². The fourth-order valence-corrected chi connectivity index (χ4v) is 3.80. The molecule has 1 atom stereocenters. The van der Waals surface area contributed by atoms with Crippen molar-refractivity contribution in [3.05, 3.63) is 48.4 Å². The highest BCUT2D eigenvalue weighted by Gasteiger charge is 2.26. The quantitative estimate of drug-likeness (QED) is 0.727. The zero-order valence-corrected chi connectivity index (χ0v) is 15.6. The first-order chi connectivity index (χ1) is 13.2. The van der Waals surface area contributed by atoms with Gasteiger partial charge in [-0.05, 0) is 25.0 Å². The van der Waals surface area contributed by atoms with Crippen LogP contribution in [0.4, 0.5) is 11.6 Å². The number of anilines is 2. The molecule has 0 spiro atoms. The molecule has 140 valence electrons. The molecule has 3 aromatic rings. The van der Waals surface area contributed by atoms with Crippen LogP contribution in [0.5, 0.6) is 0 Å². The molecule has 7 heteroatoms. The largest absolute Gasteiger partial charge is 0.373 e. The number of carbonyl (C=O) groups excluding carboxylic acids is 1. The van der Waals surface area contributed by atoms with E-state index in [4.69, 9.17) is 0 Å². The predicted molar refractivity (Wildman–Crippen MR) is 107 cm³/mol. The van der Waals surface area contributed by atoms with Crippen LogP contribution in [0.15, 0.2) is 42.7 Å². The van der Waals surface area contributed by atoms with Crippen molar-refractivity contribution in [2.75, 3.05) is 30.4 Å². The van der Waals surface area contributed by atoms with Crippen molar-refractivity contribution in [2.45, 2.75) is 18.9 Å². The maximum atomic E-state index is 12.7. The van der Waals surface area contributed by atoms with Crippen LogP contribution >= 0.6 is 0 Å². The van der Waals surface area contributed by atoms with E-state index in [0.717, 1.165) is 41.9 Å². The Morgan fingerprint density at radius 1 is 1.26 bits per heavy atom. The molecule has 2 N–H and O–H groups in total. The molecule has 1 amide bonds. The highest BCUT2D eigenvalue weighted by atomic mass is 16.1. The summed E-state index contributed by atoms with van der Waals surface area (Å²) in [6, 6.07) is 12.2. The number of hydrogen-bond acceptors (Lipinski definition) is 5. The van der Waals surface area contributed by atoms with Crippen molar-refractivity contribution < 1.29 is 4.79 Å². The number of fused-ring (bicyclic) bond motifs is 1. The SMILES string of the molecule is CNc1cc(N2CCCC2CNC(=O)c2cc3ccccc3n2C)ncn1. The lowest BCUT2D eigenvalue weighted by molar-refractivity contribution is 0.0943. The molecule has 4 rings (SSSR count). The molecule has 7 nitrogen and oxygen atoms in total. The molecule has 0 bridgehead atoms. The molecular formula is C20H24N6O. The average molecular weight is 364 g/mol. The van der Waals surface area contributed by atoms with Crippen molar-refractivity contribution in [2.24, 2.45) is 7.05 Å². The first kappa shape index (κ1) is 17.3. The Hall–Kier alpha value is -3.09. The summed E-state index contributed by atoms with van der Waals surface area (Å²) < 4.78 is 1.95. The van der Waals surface area contributed by atoms with Crippen molar-refractivity contribution in [3.63, 3.8) is 0 Å². The fourth-order valence-electron chi connectivity index (χ4n) is 3.80. The second-order valence-corrected chi connectivity index (χ2v) is 6.86. The van der Waals surface area contributed by atoms with Gasteiger partial charge in [0.15, 0.2) is 0 Å². The lowest BCUT2D eigenvalue weighted by atomic mass is 10.2. The van der Waals surface area contributed by atoms with Gasteiger partial charge in [0.2, 0.25) is 0 Å². The van der Waals surface area contributed by atoms with E-state index in [1.165, 1.54) is 0 Å². The highest BCUT2D eigenvalue weighted by molar-refractivity contribution is 5.98. The van der Waals surface area contributed by atoms with Crippen molar-refractivity contribution in [1.82, 2.24) is 19.9 Å². The second-order valence-electron chi connectivity index (χ2n) is 6.86. The number of nitrogens with one attached hydrogen (secondary N) is 2. The minimum atomic E-state index is -0.0425. The van der Waals surface area contributed by atoms with Crippen LogP contribution in [0.1, 0.15) is 23.3 Å². The summed E-state index contributed by atoms with van der Waals surface area (Å²) >= 11 is 0. The first-order valence-corrected chi connectivity index (χ1v) is 9.26. The van der Waals surface area contributed by atoms with Crippen molar-refractivity contribution in [3.8, 4) is 0 Å². The monoisotopic (exact) mass is 364 g/mol.